The molecule has 0 saturated heterocycles. The molecule has 0 spiro atoms. The fourth-order valence-electron chi connectivity index (χ4n) is 1.30. The maximum Gasteiger partial charge on any atom is 0.341 e. The summed E-state index contributed by atoms with van der Waals surface area (Å²) in [4.78, 5) is 43.2. The summed E-state index contributed by atoms with van der Waals surface area (Å²) in [6, 6.07) is 0. The molecule has 0 radical (unpaired) electrons. The molecular formula is C11H16O8. The molecule has 0 aliphatic carbocycles. The van der Waals surface area contributed by atoms with Gasteiger partial charge in [-0.15, -0.1) is 0 Å². The Morgan fingerprint density at radius 1 is 1.00 bits per heavy atom. The summed E-state index contributed by atoms with van der Waals surface area (Å²) in [5, 5.41) is 16.7. The van der Waals surface area contributed by atoms with E-state index in [-0.39, 0.29) is 6.42 Å². The molecule has 0 saturated carbocycles. The molecule has 0 aliphatic rings. The van der Waals surface area contributed by atoms with Crippen LogP contribution in [-0.4, -0.2) is 47.3 Å². The number of hydrogen-bond donors (Lipinski definition) is 2. The van der Waals surface area contributed by atoms with Crippen LogP contribution in [0.15, 0.2) is 0 Å². The molecule has 0 fully saturated rings. The van der Waals surface area contributed by atoms with Gasteiger partial charge in [0.2, 0.25) is 0 Å². The quantitative estimate of drug-likeness (QED) is 0.565. The Hall–Kier alpha value is -2.12. The van der Waals surface area contributed by atoms with Crippen LogP contribution >= 0.6 is 0 Å². The average molecular weight is 276 g/mol. The summed E-state index contributed by atoms with van der Waals surface area (Å²) < 4.78 is 8.88. The van der Waals surface area contributed by atoms with Gasteiger partial charge in [-0.1, -0.05) is 13.3 Å². The van der Waals surface area contributed by atoms with Gasteiger partial charge < -0.3 is 19.7 Å². The Labute approximate surface area is 109 Å². The van der Waals surface area contributed by atoms with Crippen molar-refractivity contribution in [3.05, 3.63) is 0 Å². The largest absolute Gasteiger partial charge is 0.479 e. The minimum absolute atomic E-state index is 0.320. The summed E-state index contributed by atoms with van der Waals surface area (Å²) in [7, 11) is 0. The van der Waals surface area contributed by atoms with Gasteiger partial charge in [0.05, 0.1) is 12.3 Å². The Balaban J connectivity index is 4.30. The van der Waals surface area contributed by atoms with Gasteiger partial charge in [0.15, 0.2) is 13.2 Å². The van der Waals surface area contributed by atoms with Crippen LogP contribution in [0.5, 0.6) is 0 Å². The van der Waals surface area contributed by atoms with Gasteiger partial charge in [-0.05, 0) is 6.42 Å². The maximum absolute atomic E-state index is 11.5. The SMILES string of the molecule is CCCC(CC(=O)OCC(=O)O)C(=O)OCC(=O)O. The lowest BCUT2D eigenvalue weighted by Crippen LogP contribution is -2.25. The summed E-state index contributed by atoms with van der Waals surface area (Å²) in [5.74, 6) is -5.07. The van der Waals surface area contributed by atoms with Crippen molar-refractivity contribution in [2.75, 3.05) is 13.2 Å². The molecule has 0 aromatic rings. The van der Waals surface area contributed by atoms with Gasteiger partial charge >= 0.3 is 23.9 Å². The third-order valence-corrected chi connectivity index (χ3v) is 2.08. The molecule has 0 heterocycles. The van der Waals surface area contributed by atoms with E-state index in [9.17, 15) is 19.2 Å². The van der Waals surface area contributed by atoms with E-state index in [1.807, 2.05) is 0 Å². The highest BCUT2D eigenvalue weighted by molar-refractivity contribution is 5.82. The first-order valence-corrected chi connectivity index (χ1v) is 5.62. The Morgan fingerprint density at radius 3 is 2.00 bits per heavy atom. The molecule has 0 aromatic heterocycles. The van der Waals surface area contributed by atoms with E-state index in [0.29, 0.717) is 12.8 Å². The maximum atomic E-state index is 11.5. The van der Waals surface area contributed by atoms with Crippen LogP contribution < -0.4 is 0 Å². The number of rotatable bonds is 9. The number of ether oxygens (including phenoxy) is 2. The second-order valence-corrected chi connectivity index (χ2v) is 3.75. The molecule has 0 aliphatic heterocycles. The summed E-state index contributed by atoms with van der Waals surface area (Å²) in [5.41, 5.74) is 0. The zero-order chi connectivity index (χ0) is 14.8. The standard InChI is InChI=1S/C11H16O8/c1-2-3-7(11(17)19-6-9(14)15)4-10(16)18-5-8(12)13/h7H,2-6H2,1H3,(H,12,13)(H,14,15). The first kappa shape index (κ1) is 16.9. The summed E-state index contributed by atoms with van der Waals surface area (Å²) in [6.45, 7) is 0.227. The van der Waals surface area contributed by atoms with Gasteiger partial charge in [0.25, 0.3) is 0 Å². The van der Waals surface area contributed by atoms with Crippen molar-refractivity contribution < 1.29 is 38.9 Å². The highest BCUT2D eigenvalue weighted by atomic mass is 16.6. The summed E-state index contributed by atoms with van der Waals surface area (Å²) in [6.07, 6.45) is 0.569. The lowest BCUT2D eigenvalue weighted by Gasteiger charge is -2.13. The molecule has 0 bridgehead atoms. The lowest BCUT2D eigenvalue weighted by atomic mass is 10.0. The molecule has 0 rings (SSSR count). The first-order chi connectivity index (χ1) is 8.86. The third-order valence-electron chi connectivity index (χ3n) is 2.08. The van der Waals surface area contributed by atoms with Crippen LogP contribution in [0.1, 0.15) is 26.2 Å². The fraction of sp³-hybridized carbons (Fsp3) is 0.636. The Kier molecular flexibility index (Phi) is 7.90. The van der Waals surface area contributed by atoms with Crippen LogP contribution in [-0.2, 0) is 28.7 Å². The Morgan fingerprint density at radius 2 is 1.53 bits per heavy atom. The minimum atomic E-state index is -1.30. The van der Waals surface area contributed by atoms with Gasteiger partial charge in [-0.25, -0.2) is 9.59 Å². The molecule has 19 heavy (non-hydrogen) atoms. The van der Waals surface area contributed by atoms with E-state index in [4.69, 9.17) is 10.2 Å². The molecule has 8 heteroatoms. The van der Waals surface area contributed by atoms with Crippen LogP contribution in [0.4, 0.5) is 0 Å². The van der Waals surface area contributed by atoms with Crippen LogP contribution in [0.3, 0.4) is 0 Å². The smallest absolute Gasteiger partial charge is 0.341 e. The number of carboxylic acid groups (broad SMARTS) is 2. The molecule has 8 nitrogen and oxygen atoms in total. The second-order valence-electron chi connectivity index (χ2n) is 3.75. The van der Waals surface area contributed by atoms with Crippen LogP contribution in [0.25, 0.3) is 0 Å². The zero-order valence-corrected chi connectivity index (χ0v) is 10.5. The predicted octanol–water partition coefficient (Wildman–Crippen LogP) is 0.0484. The van der Waals surface area contributed by atoms with E-state index in [1.54, 1.807) is 6.92 Å². The molecule has 0 aromatic carbocycles. The molecular weight excluding hydrogens is 260 g/mol. The molecule has 2 N–H and O–H groups in total. The van der Waals surface area contributed by atoms with E-state index in [0.717, 1.165) is 0 Å². The Bertz CT molecular complexity index is 349. The van der Waals surface area contributed by atoms with Gasteiger partial charge in [0, 0.05) is 0 Å². The average Bonchev–Trinajstić information content (AvgIpc) is 2.32. The number of carboxylic acids is 2. The van der Waals surface area contributed by atoms with E-state index in [1.165, 1.54) is 0 Å². The van der Waals surface area contributed by atoms with E-state index < -0.39 is 43.0 Å². The van der Waals surface area contributed by atoms with Crippen molar-refractivity contribution in [1.82, 2.24) is 0 Å². The van der Waals surface area contributed by atoms with Crippen molar-refractivity contribution >= 4 is 23.9 Å². The first-order valence-electron chi connectivity index (χ1n) is 5.62. The zero-order valence-electron chi connectivity index (χ0n) is 10.5. The second kappa shape index (κ2) is 8.90. The van der Waals surface area contributed by atoms with Crippen LogP contribution in [0, 0.1) is 5.92 Å². The van der Waals surface area contributed by atoms with Crippen molar-refractivity contribution in [2.24, 2.45) is 5.92 Å². The van der Waals surface area contributed by atoms with Crippen molar-refractivity contribution in [1.29, 1.82) is 0 Å². The number of carbonyl (C=O) groups is 4. The number of carbonyl (C=O) groups excluding carboxylic acids is 2. The van der Waals surface area contributed by atoms with Gasteiger partial charge in [-0.3, -0.25) is 9.59 Å². The fourth-order valence-corrected chi connectivity index (χ4v) is 1.30. The third kappa shape index (κ3) is 8.58. The molecule has 108 valence electrons. The minimum Gasteiger partial charge on any atom is -0.479 e. The highest BCUT2D eigenvalue weighted by Gasteiger charge is 2.24. The van der Waals surface area contributed by atoms with Crippen molar-refractivity contribution in [3.8, 4) is 0 Å². The lowest BCUT2D eigenvalue weighted by molar-refractivity contribution is -0.162. The van der Waals surface area contributed by atoms with E-state index >= 15 is 0 Å². The summed E-state index contributed by atoms with van der Waals surface area (Å²) >= 11 is 0. The highest BCUT2D eigenvalue weighted by Crippen LogP contribution is 2.14. The number of aliphatic carboxylic acids is 2. The molecule has 0 amide bonds. The number of esters is 2. The van der Waals surface area contributed by atoms with Gasteiger partial charge in [-0.2, -0.15) is 0 Å². The normalized spacial score (nSPS) is 11.4. The topological polar surface area (TPSA) is 127 Å². The van der Waals surface area contributed by atoms with Gasteiger partial charge in [0.1, 0.15) is 0 Å². The van der Waals surface area contributed by atoms with Crippen LogP contribution in [0.2, 0.25) is 0 Å². The van der Waals surface area contributed by atoms with E-state index in [2.05, 4.69) is 9.47 Å². The molecule has 1 atom stereocenters. The monoisotopic (exact) mass is 276 g/mol. The molecule has 1 unspecified atom stereocenters. The number of hydrogen-bond acceptors (Lipinski definition) is 6. The van der Waals surface area contributed by atoms with Crippen molar-refractivity contribution in [2.45, 2.75) is 26.2 Å². The predicted molar refractivity (Wildman–Crippen MR) is 60.2 cm³/mol. The van der Waals surface area contributed by atoms with Crippen molar-refractivity contribution in [3.63, 3.8) is 0 Å².